The van der Waals surface area contributed by atoms with Crippen molar-refractivity contribution < 1.29 is 9.90 Å². The van der Waals surface area contributed by atoms with Crippen molar-refractivity contribution in [1.29, 1.82) is 0 Å². The summed E-state index contributed by atoms with van der Waals surface area (Å²) >= 11 is 0. The minimum Gasteiger partial charge on any atom is -0.465 e. The molecular formula is C8H16N2O2. The Bertz CT molecular complexity index is 170. The summed E-state index contributed by atoms with van der Waals surface area (Å²) in [6.45, 7) is 2.02. The average molecular weight is 172 g/mol. The summed E-state index contributed by atoms with van der Waals surface area (Å²) < 4.78 is 0. The van der Waals surface area contributed by atoms with Crippen LogP contribution in [-0.4, -0.2) is 22.8 Å². The van der Waals surface area contributed by atoms with Crippen molar-refractivity contribution in [3.8, 4) is 0 Å². The molecule has 0 bridgehead atoms. The van der Waals surface area contributed by atoms with Gasteiger partial charge in [0.2, 0.25) is 0 Å². The second kappa shape index (κ2) is 3.31. The molecule has 4 nitrogen and oxygen atoms in total. The van der Waals surface area contributed by atoms with E-state index >= 15 is 0 Å². The van der Waals surface area contributed by atoms with E-state index in [1.807, 2.05) is 6.92 Å². The van der Waals surface area contributed by atoms with Gasteiger partial charge in [0, 0.05) is 11.6 Å². The second-order valence-electron chi connectivity index (χ2n) is 3.88. The van der Waals surface area contributed by atoms with Crippen LogP contribution in [0.5, 0.6) is 0 Å². The van der Waals surface area contributed by atoms with Crippen LogP contribution in [0.1, 0.15) is 32.6 Å². The molecule has 12 heavy (non-hydrogen) atoms. The highest BCUT2D eigenvalue weighted by molar-refractivity contribution is 5.64. The molecule has 1 fully saturated rings. The van der Waals surface area contributed by atoms with Crippen LogP contribution in [0, 0.1) is 0 Å². The minimum atomic E-state index is -0.930. The van der Waals surface area contributed by atoms with Gasteiger partial charge in [-0.1, -0.05) is 0 Å². The van der Waals surface area contributed by atoms with Gasteiger partial charge in [-0.15, -0.1) is 0 Å². The molecule has 0 aliphatic heterocycles. The Morgan fingerprint density at radius 2 is 2.08 bits per heavy atom. The molecule has 0 radical (unpaired) electrons. The lowest BCUT2D eigenvalue weighted by atomic mass is 9.82. The summed E-state index contributed by atoms with van der Waals surface area (Å²) in [7, 11) is 0. The van der Waals surface area contributed by atoms with Gasteiger partial charge in [-0.3, -0.25) is 0 Å². The molecule has 70 valence electrons. The first-order valence-corrected chi connectivity index (χ1v) is 4.28. The van der Waals surface area contributed by atoms with Gasteiger partial charge in [-0.05, 0) is 32.6 Å². The zero-order valence-electron chi connectivity index (χ0n) is 7.34. The summed E-state index contributed by atoms with van der Waals surface area (Å²) in [6.07, 6.45) is 2.59. The van der Waals surface area contributed by atoms with E-state index in [-0.39, 0.29) is 11.6 Å². The fraction of sp³-hybridized carbons (Fsp3) is 0.875. The van der Waals surface area contributed by atoms with Crippen molar-refractivity contribution in [3.63, 3.8) is 0 Å². The van der Waals surface area contributed by atoms with E-state index in [1.54, 1.807) is 0 Å². The quantitative estimate of drug-likeness (QED) is 0.550. The summed E-state index contributed by atoms with van der Waals surface area (Å²) in [5, 5.41) is 10.9. The molecule has 1 rings (SSSR count). The van der Waals surface area contributed by atoms with Crippen molar-refractivity contribution in [2.75, 3.05) is 0 Å². The number of rotatable bonds is 1. The van der Waals surface area contributed by atoms with Crippen molar-refractivity contribution in [1.82, 2.24) is 5.32 Å². The summed E-state index contributed by atoms with van der Waals surface area (Å²) in [5.74, 6) is 0. The van der Waals surface area contributed by atoms with Gasteiger partial charge >= 0.3 is 6.09 Å². The number of amides is 1. The Balaban J connectivity index is 2.31. The van der Waals surface area contributed by atoms with Crippen LogP contribution < -0.4 is 11.1 Å². The smallest absolute Gasteiger partial charge is 0.404 e. The largest absolute Gasteiger partial charge is 0.465 e. The van der Waals surface area contributed by atoms with Crippen LogP contribution in [0.4, 0.5) is 4.79 Å². The van der Waals surface area contributed by atoms with Crippen LogP contribution >= 0.6 is 0 Å². The Kier molecular flexibility index (Phi) is 2.57. The lowest BCUT2D eigenvalue weighted by molar-refractivity contribution is 0.180. The summed E-state index contributed by atoms with van der Waals surface area (Å²) in [4.78, 5) is 10.3. The van der Waals surface area contributed by atoms with E-state index in [9.17, 15) is 4.79 Å². The SMILES string of the molecule is CC1(N)CCC(NC(=O)O)CC1. The van der Waals surface area contributed by atoms with Crippen LogP contribution in [-0.2, 0) is 0 Å². The fourth-order valence-corrected chi connectivity index (χ4v) is 1.60. The van der Waals surface area contributed by atoms with Gasteiger partial charge in [0.05, 0.1) is 0 Å². The van der Waals surface area contributed by atoms with Crippen molar-refractivity contribution in [2.45, 2.75) is 44.2 Å². The fourth-order valence-electron chi connectivity index (χ4n) is 1.60. The molecule has 1 amide bonds. The van der Waals surface area contributed by atoms with E-state index in [0.29, 0.717) is 0 Å². The highest BCUT2D eigenvalue weighted by atomic mass is 16.4. The highest BCUT2D eigenvalue weighted by Gasteiger charge is 2.27. The number of hydrogen-bond acceptors (Lipinski definition) is 2. The maximum absolute atomic E-state index is 10.3. The Labute approximate surface area is 72.1 Å². The maximum Gasteiger partial charge on any atom is 0.404 e. The van der Waals surface area contributed by atoms with Gasteiger partial charge < -0.3 is 16.2 Å². The molecule has 0 aromatic carbocycles. The van der Waals surface area contributed by atoms with Gasteiger partial charge in [-0.2, -0.15) is 0 Å². The van der Waals surface area contributed by atoms with Crippen LogP contribution in [0.3, 0.4) is 0 Å². The second-order valence-corrected chi connectivity index (χ2v) is 3.88. The number of nitrogens with two attached hydrogens (primary N) is 1. The normalized spacial score (nSPS) is 36.0. The van der Waals surface area contributed by atoms with E-state index in [1.165, 1.54) is 0 Å². The standard InChI is InChI=1S/C8H16N2O2/c1-8(9)4-2-6(3-5-8)10-7(11)12/h6,10H,2-5,9H2,1H3,(H,11,12). The maximum atomic E-state index is 10.3. The lowest BCUT2D eigenvalue weighted by Crippen LogP contribution is -2.46. The number of carbonyl (C=O) groups is 1. The van der Waals surface area contributed by atoms with Crippen molar-refractivity contribution >= 4 is 6.09 Å². The molecule has 1 aliphatic rings. The Morgan fingerprint density at radius 3 is 2.50 bits per heavy atom. The molecule has 0 unspecified atom stereocenters. The van der Waals surface area contributed by atoms with E-state index < -0.39 is 6.09 Å². The van der Waals surface area contributed by atoms with E-state index in [2.05, 4.69) is 5.32 Å². The molecule has 0 aromatic heterocycles. The number of nitrogens with one attached hydrogen (secondary N) is 1. The summed E-state index contributed by atoms with van der Waals surface area (Å²) in [6, 6.07) is 0.110. The lowest BCUT2D eigenvalue weighted by Gasteiger charge is -2.33. The molecule has 1 aliphatic carbocycles. The zero-order valence-corrected chi connectivity index (χ0v) is 7.34. The molecular weight excluding hydrogens is 156 g/mol. The highest BCUT2D eigenvalue weighted by Crippen LogP contribution is 2.25. The van der Waals surface area contributed by atoms with Crippen LogP contribution in [0.15, 0.2) is 0 Å². The van der Waals surface area contributed by atoms with Gasteiger partial charge in [0.1, 0.15) is 0 Å². The number of hydrogen-bond donors (Lipinski definition) is 3. The van der Waals surface area contributed by atoms with Crippen LogP contribution in [0.25, 0.3) is 0 Å². The third kappa shape index (κ3) is 2.70. The third-order valence-corrected chi connectivity index (χ3v) is 2.46. The molecule has 4 N–H and O–H groups in total. The first-order chi connectivity index (χ1) is 5.49. The third-order valence-electron chi connectivity index (χ3n) is 2.46. The molecule has 0 saturated heterocycles. The first kappa shape index (κ1) is 9.32. The van der Waals surface area contributed by atoms with Gasteiger partial charge in [-0.25, -0.2) is 4.79 Å². The molecule has 0 atom stereocenters. The Morgan fingerprint density at radius 1 is 1.58 bits per heavy atom. The first-order valence-electron chi connectivity index (χ1n) is 4.28. The Hall–Kier alpha value is -0.770. The predicted molar refractivity (Wildman–Crippen MR) is 46.0 cm³/mol. The average Bonchev–Trinajstić information content (AvgIpc) is 1.93. The summed E-state index contributed by atoms with van der Waals surface area (Å²) in [5.41, 5.74) is 5.81. The van der Waals surface area contributed by atoms with E-state index in [4.69, 9.17) is 10.8 Å². The topological polar surface area (TPSA) is 75.3 Å². The van der Waals surface area contributed by atoms with E-state index in [0.717, 1.165) is 25.7 Å². The molecule has 4 heteroatoms. The monoisotopic (exact) mass is 172 g/mol. The molecule has 0 heterocycles. The minimum absolute atomic E-state index is 0.0866. The van der Waals surface area contributed by atoms with Gasteiger partial charge in [0.15, 0.2) is 0 Å². The molecule has 0 aromatic rings. The zero-order chi connectivity index (χ0) is 9.19. The molecule has 0 spiro atoms. The van der Waals surface area contributed by atoms with Crippen LogP contribution in [0.2, 0.25) is 0 Å². The van der Waals surface area contributed by atoms with Gasteiger partial charge in [0.25, 0.3) is 0 Å². The predicted octanol–water partition coefficient (Wildman–Crippen LogP) is 0.914. The van der Waals surface area contributed by atoms with Crippen molar-refractivity contribution in [3.05, 3.63) is 0 Å². The molecule has 1 saturated carbocycles. The number of carboxylic acid groups (broad SMARTS) is 1. The van der Waals surface area contributed by atoms with Crippen molar-refractivity contribution in [2.24, 2.45) is 5.73 Å².